The van der Waals surface area contributed by atoms with Crippen LogP contribution in [0.1, 0.15) is 137 Å². The number of carboxylic acids is 2. The molecular weight excluding hydrogens is 1490 g/mol. The monoisotopic (exact) mass is 1600 g/mol. The fourth-order valence-corrected chi connectivity index (χ4v) is 13.4. The standard InChI is InChI=1S/C68H107N21O24/c1-34(81-63(107)45-17-8-22-85(45)52(96)32-76-59(103)41(27-54(98)99)83-57(101)35(2)78-48(92)30-74-60(104)42-14-10-24-87(42)66(110)37(4)80-50(94)29-73-58(102)39(70)13-6-7-21-69)56(100)72-28-49(93)79-36(3)65(109)88-25-11-15-43(88)61(105)75-31-51(95)84-55(38(5)90)67(111)89-26-12-16-44(89)62(106)77-33-53(97)86-23-9-18-46(86)64(108)82-40(68(112)113)19-20-47(71)91/h34-46,55,90H,6-33,69-70H2,1-5H3,(H2,71,91)(H,72,100)(H,73,102)(H,74,104)(H,75,105)(H,76,103)(H,77,106)(H,78,92)(H,79,93)(H,80,94)(H,81,107)(H,82,108)(H,83,101)(H,84,95)(H,98,99)(H,112,113)/t34-,35-,36-,37-,38+,39-,40-,41-,42-,43-,44-,45-,46-,55-/m0/s1. The number of nitrogens with one attached hydrogen (secondary N) is 13. The van der Waals surface area contributed by atoms with E-state index < -0.39 is 255 Å². The topological polar surface area (TPSA) is 670 Å². The molecule has 0 aromatic carbocycles. The molecule has 0 radical (unpaired) electrons. The molecule has 0 bridgehead atoms. The zero-order chi connectivity index (χ0) is 84.1. The molecular formula is C68H107N21O24. The predicted octanol–water partition coefficient (Wildman–Crippen LogP) is -11.2. The maximum atomic E-state index is 13.9. The Balaban J connectivity index is 1.00. The van der Waals surface area contributed by atoms with E-state index in [4.69, 9.17) is 17.2 Å². The number of hydrogen-bond acceptors (Lipinski definition) is 24. The Labute approximate surface area is 649 Å². The van der Waals surface area contributed by atoms with Gasteiger partial charge in [-0.15, -0.1) is 0 Å². The van der Waals surface area contributed by atoms with Crippen LogP contribution in [-0.2, 0) is 101 Å². The maximum absolute atomic E-state index is 13.9. The fraction of sp³-hybridized carbons (Fsp3) is 0.691. The van der Waals surface area contributed by atoms with Gasteiger partial charge >= 0.3 is 11.9 Å². The summed E-state index contributed by atoms with van der Waals surface area (Å²) >= 11 is 0. The third kappa shape index (κ3) is 28.2. The van der Waals surface area contributed by atoms with Crippen molar-refractivity contribution in [2.75, 3.05) is 78.5 Å². The van der Waals surface area contributed by atoms with Gasteiger partial charge in [0.05, 0.1) is 57.8 Å². The van der Waals surface area contributed by atoms with Gasteiger partial charge in [0.1, 0.15) is 72.5 Å². The van der Waals surface area contributed by atoms with Crippen molar-refractivity contribution in [1.29, 1.82) is 0 Å². The zero-order valence-electron chi connectivity index (χ0n) is 63.8. The van der Waals surface area contributed by atoms with Gasteiger partial charge in [0.2, 0.25) is 112 Å². The highest BCUT2D eigenvalue weighted by Gasteiger charge is 2.44. The lowest BCUT2D eigenvalue weighted by Gasteiger charge is -2.30. The van der Waals surface area contributed by atoms with E-state index in [-0.39, 0.29) is 77.7 Å². The number of carbonyl (C=O) groups excluding carboxylic acids is 19. The molecule has 5 aliphatic heterocycles. The third-order valence-corrected chi connectivity index (χ3v) is 19.5. The van der Waals surface area contributed by atoms with E-state index in [0.717, 1.165) is 9.80 Å². The van der Waals surface area contributed by atoms with Gasteiger partial charge in [-0.3, -0.25) is 95.9 Å². The van der Waals surface area contributed by atoms with E-state index in [1.807, 2.05) is 0 Å². The summed E-state index contributed by atoms with van der Waals surface area (Å²) in [6, 6.07) is -16.4. The van der Waals surface area contributed by atoms with E-state index in [9.17, 15) is 116 Å². The predicted molar refractivity (Wildman–Crippen MR) is 389 cm³/mol. The molecule has 5 saturated heterocycles. The quantitative estimate of drug-likeness (QED) is 0.0252. The summed E-state index contributed by atoms with van der Waals surface area (Å²) in [6.45, 7) is 3.18. The Kier molecular flexibility index (Phi) is 36.5. The van der Waals surface area contributed by atoms with Crippen molar-refractivity contribution in [2.24, 2.45) is 17.2 Å². The molecule has 5 fully saturated rings. The SMILES string of the molecule is C[C@H](NC(=O)CNC(=O)[C@@H]1CCCN1C(=O)[C@H](C)NC(=O)CNC(=O)[C@@H](N)CCCCN)C(=O)N[C@@H](CC(=O)O)C(=O)NCC(=O)N1CCC[C@H]1C(=O)N[C@@H](C)C(=O)NCC(=O)N[C@@H](C)C(=O)N1CCC[C@H]1C(=O)NCC(=O)N[C@H](C(=O)N1CCC[C@H]1C(=O)NCC(=O)N1CCC[C@H]1C(=O)N[C@@H](CCC(N)=O)C(=O)O)[C@@H](C)O. The number of aliphatic carboxylic acids is 2. The van der Waals surface area contributed by atoms with Gasteiger partial charge in [-0.05, 0) is 125 Å². The number of likely N-dealkylation sites (tertiary alicyclic amines) is 5. The third-order valence-electron chi connectivity index (χ3n) is 19.5. The maximum Gasteiger partial charge on any atom is 0.326 e. The van der Waals surface area contributed by atoms with Gasteiger partial charge in [0.15, 0.2) is 0 Å². The molecule has 19 amide bonds. The molecule has 0 saturated carbocycles. The Morgan fingerprint density at radius 2 is 0.761 bits per heavy atom. The van der Waals surface area contributed by atoms with Crippen molar-refractivity contribution in [3.05, 3.63) is 0 Å². The van der Waals surface area contributed by atoms with Crippen LogP contribution < -0.4 is 86.3 Å². The van der Waals surface area contributed by atoms with Crippen molar-refractivity contribution >= 4 is 124 Å². The Morgan fingerprint density at radius 3 is 1.19 bits per heavy atom. The second kappa shape index (κ2) is 44.7. The molecule has 22 N–H and O–H groups in total. The summed E-state index contributed by atoms with van der Waals surface area (Å²) in [6.07, 6.45) is 1.05. The highest BCUT2D eigenvalue weighted by molar-refractivity contribution is 6.01. The van der Waals surface area contributed by atoms with Crippen LogP contribution in [0.5, 0.6) is 0 Å². The number of hydrogen-bond donors (Lipinski definition) is 19. The molecule has 5 aliphatic rings. The number of rotatable bonds is 42. The average molecular weight is 1600 g/mol. The minimum atomic E-state index is -1.80. The molecule has 5 rings (SSSR count). The molecule has 113 heavy (non-hydrogen) atoms. The second-order valence-corrected chi connectivity index (χ2v) is 28.2. The number of nitrogens with zero attached hydrogens (tertiary/aromatic N) is 5. The van der Waals surface area contributed by atoms with E-state index in [0.29, 0.717) is 57.9 Å². The fourth-order valence-electron chi connectivity index (χ4n) is 13.4. The molecule has 5 heterocycles. The minimum Gasteiger partial charge on any atom is -0.481 e. The largest absolute Gasteiger partial charge is 0.481 e. The van der Waals surface area contributed by atoms with E-state index in [1.54, 1.807) is 0 Å². The molecule has 0 spiro atoms. The van der Waals surface area contributed by atoms with Crippen molar-refractivity contribution in [2.45, 2.75) is 222 Å². The Bertz CT molecular complexity index is 3570. The number of unbranched alkanes of at least 4 members (excludes halogenated alkanes) is 1. The molecule has 0 aliphatic carbocycles. The van der Waals surface area contributed by atoms with Crippen LogP contribution in [0.4, 0.5) is 0 Å². The highest BCUT2D eigenvalue weighted by Crippen LogP contribution is 2.24. The zero-order valence-corrected chi connectivity index (χ0v) is 63.8. The first-order valence-electron chi connectivity index (χ1n) is 37.5. The number of carboxylic acid groups (broad SMARTS) is 2. The van der Waals surface area contributed by atoms with E-state index >= 15 is 0 Å². The lowest BCUT2D eigenvalue weighted by Crippen LogP contribution is -2.59. The van der Waals surface area contributed by atoms with Crippen LogP contribution in [0, 0.1) is 0 Å². The Hall–Kier alpha value is -11.2. The normalized spacial score (nSPS) is 20.1. The van der Waals surface area contributed by atoms with Gasteiger partial charge in [-0.1, -0.05) is 6.42 Å². The second-order valence-electron chi connectivity index (χ2n) is 28.2. The molecule has 628 valence electrons. The number of amides is 19. The number of primary amides is 1. The first-order chi connectivity index (χ1) is 53.3. The molecule has 45 nitrogen and oxygen atoms in total. The first-order valence-corrected chi connectivity index (χ1v) is 37.5. The van der Waals surface area contributed by atoms with Gasteiger partial charge in [-0.25, -0.2) is 4.79 Å². The van der Waals surface area contributed by atoms with Gasteiger partial charge in [0.25, 0.3) is 0 Å². The number of carbonyl (C=O) groups is 21. The summed E-state index contributed by atoms with van der Waals surface area (Å²) < 4.78 is 0. The summed E-state index contributed by atoms with van der Waals surface area (Å²) in [7, 11) is 0. The van der Waals surface area contributed by atoms with Crippen LogP contribution in [0.3, 0.4) is 0 Å². The van der Waals surface area contributed by atoms with Crippen LogP contribution in [-0.4, -0.2) is 327 Å². The minimum absolute atomic E-state index is 0.0156. The van der Waals surface area contributed by atoms with E-state index in [2.05, 4.69) is 69.1 Å². The van der Waals surface area contributed by atoms with Crippen molar-refractivity contribution in [3.63, 3.8) is 0 Å². The lowest BCUT2D eigenvalue weighted by atomic mass is 10.1. The van der Waals surface area contributed by atoms with Crippen LogP contribution in [0.25, 0.3) is 0 Å². The molecule has 45 heteroatoms. The molecule has 0 aromatic heterocycles. The van der Waals surface area contributed by atoms with E-state index in [1.165, 1.54) is 49.3 Å². The number of nitrogens with two attached hydrogens (primary N) is 3. The van der Waals surface area contributed by atoms with Crippen molar-refractivity contribution in [1.82, 2.24) is 93.6 Å². The van der Waals surface area contributed by atoms with Gasteiger partial charge in [-0.2, -0.15) is 0 Å². The van der Waals surface area contributed by atoms with Crippen molar-refractivity contribution in [3.8, 4) is 0 Å². The number of aliphatic hydroxyl groups excluding tert-OH is 1. The number of aliphatic hydroxyl groups is 1. The van der Waals surface area contributed by atoms with Crippen LogP contribution in [0.2, 0.25) is 0 Å². The van der Waals surface area contributed by atoms with Crippen LogP contribution in [0.15, 0.2) is 0 Å². The molecule has 0 aromatic rings. The first kappa shape index (κ1) is 92.4. The Morgan fingerprint density at radius 1 is 0.389 bits per heavy atom. The average Bonchev–Trinajstić information content (AvgIpc) is 1.75. The highest BCUT2D eigenvalue weighted by atomic mass is 16.4. The summed E-state index contributed by atoms with van der Waals surface area (Å²) in [4.78, 5) is 279. The van der Waals surface area contributed by atoms with Gasteiger partial charge in [0, 0.05) is 39.1 Å². The summed E-state index contributed by atoms with van der Waals surface area (Å²) in [5.74, 6) is -18.3. The lowest BCUT2D eigenvalue weighted by molar-refractivity contribution is -0.145. The molecule has 0 unspecified atom stereocenters. The summed E-state index contributed by atoms with van der Waals surface area (Å²) in [5.41, 5.74) is 16.4. The van der Waals surface area contributed by atoms with Crippen molar-refractivity contribution < 1.29 is 116 Å². The summed E-state index contributed by atoms with van der Waals surface area (Å²) in [5, 5.41) is 60.6. The smallest absolute Gasteiger partial charge is 0.326 e. The molecule has 14 atom stereocenters. The van der Waals surface area contributed by atoms with Gasteiger partial charge < -0.3 is 126 Å². The van der Waals surface area contributed by atoms with Crippen LogP contribution >= 0.6 is 0 Å².